The second-order valence-electron chi connectivity index (χ2n) is 5.90. The first-order chi connectivity index (χ1) is 10.4. The largest absolute Gasteiger partial charge is 0.366 e. The van der Waals surface area contributed by atoms with Crippen molar-refractivity contribution in [1.29, 1.82) is 0 Å². The Morgan fingerprint density at radius 2 is 1.90 bits per heavy atom. The van der Waals surface area contributed by atoms with Crippen LogP contribution in [0.4, 0.5) is 5.82 Å². The van der Waals surface area contributed by atoms with E-state index in [9.17, 15) is 0 Å². The molecule has 1 aromatic heterocycles. The van der Waals surface area contributed by atoms with Crippen molar-refractivity contribution in [2.75, 3.05) is 18.4 Å². The molecule has 2 atom stereocenters. The molecule has 108 valence electrons. The van der Waals surface area contributed by atoms with Crippen LogP contribution in [-0.2, 0) is 12.8 Å². The van der Waals surface area contributed by atoms with Crippen LogP contribution in [0.3, 0.4) is 0 Å². The number of hydrogen-bond donors (Lipinski definition) is 2. The third-order valence-electron chi connectivity index (χ3n) is 4.47. The van der Waals surface area contributed by atoms with Crippen molar-refractivity contribution in [3.63, 3.8) is 0 Å². The highest BCUT2D eigenvalue weighted by Gasteiger charge is 2.38. The Morgan fingerprint density at radius 1 is 1.05 bits per heavy atom. The normalized spacial score (nSPS) is 24.0. The Balaban J connectivity index is 1.51. The molecule has 1 aromatic carbocycles. The molecule has 4 heteroatoms. The van der Waals surface area contributed by atoms with E-state index in [-0.39, 0.29) is 0 Å². The zero-order chi connectivity index (χ0) is 14.1. The molecule has 0 spiro atoms. The number of aromatic nitrogens is 2. The maximum absolute atomic E-state index is 4.49. The van der Waals surface area contributed by atoms with Crippen molar-refractivity contribution in [2.45, 2.75) is 31.2 Å². The average molecular weight is 280 g/mol. The van der Waals surface area contributed by atoms with Gasteiger partial charge >= 0.3 is 0 Å². The van der Waals surface area contributed by atoms with Crippen molar-refractivity contribution >= 4 is 5.82 Å². The lowest BCUT2D eigenvalue weighted by Gasteiger charge is -2.12. The molecular formula is C17H20N4. The van der Waals surface area contributed by atoms with Crippen LogP contribution >= 0.6 is 0 Å². The van der Waals surface area contributed by atoms with Gasteiger partial charge in [0.05, 0.1) is 5.69 Å². The standard InChI is InChI=1S/C17H20N4/c1-2-4-12(5-3-1)14-10-16(14)21-17-13-6-8-18-9-7-15(13)19-11-20-17/h1-5,11,14,16,18H,6-10H2,(H,19,20,21)/t14-,16+/m0/s1. The third kappa shape index (κ3) is 2.63. The summed E-state index contributed by atoms with van der Waals surface area (Å²) in [5.74, 6) is 1.67. The Labute approximate surface area is 125 Å². The van der Waals surface area contributed by atoms with Crippen molar-refractivity contribution in [1.82, 2.24) is 15.3 Å². The Kier molecular flexibility index (Phi) is 3.31. The molecule has 0 unspecified atom stereocenters. The fourth-order valence-corrected chi connectivity index (χ4v) is 3.20. The van der Waals surface area contributed by atoms with Crippen LogP contribution in [0.25, 0.3) is 0 Å². The Morgan fingerprint density at radius 3 is 2.81 bits per heavy atom. The first kappa shape index (κ1) is 12.8. The lowest BCUT2D eigenvalue weighted by molar-refractivity contribution is 0.708. The molecule has 0 saturated heterocycles. The summed E-state index contributed by atoms with van der Waals surface area (Å²) in [7, 11) is 0. The molecule has 1 aliphatic carbocycles. The number of rotatable bonds is 3. The predicted octanol–water partition coefficient (Wildman–Crippen LogP) is 2.13. The lowest BCUT2D eigenvalue weighted by atomic mass is 10.1. The molecule has 1 fully saturated rings. The van der Waals surface area contributed by atoms with E-state index >= 15 is 0 Å². The van der Waals surface area contributed by atoms with E-state index in [0.29, 0.717) is 12.0 Å². The van der Waals surface area contributed by atoms with Gasteiger partial charge in [0.15, 0.2) is 0 Å². The third-order valence-corrected chi connectivity index (χ3v) is 4.47. The summed E-state index contributed by atoms with van der Waals surface area (Å²) in [4.78, 5) is 8.95. The van der Waals surface area contributed by atoms with E-state index in [2.05, 4.69) is 50.9 Å². The smallest absolute Gasteiger partial charge is 0.133 e. The molecular weight excluding hydrogens is 260 g/mol. The number of fused-ring (bicyclic) bond motifs is 1. The lowest BCUT2D eigenvalue weighted by Crippen LogP contribution is -2.16. The highest BCUT2D eigenvalue weighted by Crippen LogP contribution is 2.42. The number of nitrogens with one attached hydrogen (secondary N) is 2. The van der Waals surface area contributed by atoms with Gasteiger partial charge in [-0.15, -0.1) is 0 Å². The van der Waals surface area contributed by atoms with E-state index in [1.54, 1.807) is 6.33 Å². The second kappa shape index (κ2) is 5.45. The van der Waals surface area contributed by atoms with Gasteiger partial charge in [-0.05, 0) is 24.9 Å². The monoisotopic (exact) mass is 280 g/mol. The van der Waals surface area contributed by atoms with Gasteiger partial charge in [-0.2, -0.15) is 0 Å². The molecule has 2 aliphatic rings. The highest BCUT2D eigenvalue weighted by atomic mass is 15.1. The zero-order valence-electron chi connectivity index (χ0n) is 12.0. The first-order valence-electron chi connectivity index (χ1n) is 7.77. The summed E-state index contributed by atoms with van der Waals surface area (Å²) in [6.45, 7) is 2.03. The van der Waals surface area contributed by atoms with Gasteiger partial charge in [-0.25, -0.2) is 9.97 Å². The maximum Gasteiger partial charge on any atom is 0.133 e. The predicted molar refractivity (Wildman–Crippen MR) is 83.5 cm³/mol. The van der Waals surface area contributed by atoms with Crippen LogP contribution in [0.1, 0.15) is 29.2 Å². The molecule has 2 heterocycles. The van der Waals surface area contributed by atoms with E-state index in [0.717, 1.165) is 31.7 Å². The van der Waals surface area contributed by atoms with Crippen LogP contribution in [0.5, 0.6) is 0 Å². The van der Waals surface area contributed by atoms with E-state index < -0.39 is 0 Å². The molecule has 4 nitrogen and oxygen atoms in total. The summed E-state index contributed by atoms with van der Waals surface area (Å²) in [5.41, 5.74) is 3.94. The molecule has 21 heavy (non-hydrogen) atoms. The summed E-state index contributed by atoms with van der Waals surface area (Å²) >= 11 is 0. The van der Waals surface area contributed by atoms with Crippen molar-refractivity contribution in [3.05, 3.63) is 53.5 Å². The van der Waals surface area contributed by atoms with Crippen molar-refractivity contribution < 1.29 is 0 Å². The minimum atomic E-state index is 0.516. The SMILES string of the molecule is c1ccc([C@@H]2C[C@H]2Nc2ncnc3c2CCNCC3)cc1. The molecule has 0 bridgehead atoms. The second-order valence-corrected chi connectivity index (χ2v) is 5.90. The van der Waals surface area contributed by atoms with E-state index in [1.165, 1.54) is 23.2 Å². The average Bonchev–Trinajstić information content (AvgIpc) is 3.31. The van der Waals surface area contributed by atoms with Gasteiger partial charge < -0.3 is 10.6 Å². The van der Waals surface area contributed by atoms with E-state index in [1.807, 2.05) is 0 Å². The van der Waals surface area contributed by atoms with Gasteiger partial charge in [0, 0.05) is 30.5 Å². The maximum atomic E-state index is 4.49. The molecule has 2 N–H and O–H groups in total. The molecule has 4 rings (SSSR count). The van der Waals surface area contributed by atoms with Gasteiger partial charge in [-0.1, -0.05) is 30.3 Å². The number of nitrogens with zero attached hydrogens (tertiary/aromatic N) is 2. The van der Waals surface area contributed by atoms with Crippen molar-refractivity contribution in [2.24, 2.45) is 0 Å². The quantitative estimate of drug-likeness (QED) is 0.904. The molecule has 2 aromatic rings. The summed E-state index contributed by atoms with van der Waals surface area (Å²) in [6.07, 6.45) is 4.91. The van der Waals surface area contributed by atoms with Crippen LogP contribution < -0.4 is 10.6 Å². The van der Waals surface area contributed by atoms with Gasteiger partial charge in [-0.3, -0.25) is 0 Å². The molecule has 0 amide bonds. The van der Waals surface area contributed by atoms with E-state index in [4.69, 9.17) is 0 Å². The van der Waals surface area contributed by atoms with Crippen LogP contribution in [0.2, 0.25) is 0 Å². The minimum Gasteiger partial charge on any atom is -0.366 e. The summed E-state index contributed by atoms with van der Waals surface area (Å²) in [5, 5.41) is 7.07. The molecule has 1 aliphatic heterocycles. The van der Waals surface area contributed by atoms with Gasteiger partial charge in [0.1, 0.15) is 12.1 Å². The number of benzene rings is 1. The summed E-state index contributed by atoms with van der Waals surface area (Å²) < 4.78 is 0. The number of anilines is 1. The van der Waals surface area contributed by atoms with Gasteiger partial charge in [0.25, 0.3) is 0 Å². The summed E-state index contributed by atoms with van der Waals surface area (Å²) in [6, 6.07) is 11.3. The fraction of sp³-hybridized carbons (Fsp3) is 0.412. The van der Waals surface area contributed by atoms with Gasteiger partial charge in [0.2, 0.25) is 0 Å². The van der Waals surface area contributed by atoms with Crippen LogP contribution in [-0.4, -0.2) is 29.1 Å². The van der Waals surface area contributed by atoms with Crippen molar-refractivity contribution in [3.8, 4) is 0 Å². The fourth-order valence-electron chi connectivity index (χ4n) is 3.20. The number of hydrogen-bond acceptors (Lipinski definition) is 4. The minimum absolute atomic E-state index is 0.516. The zero-order valence-corrected chi connectivity index (χ0v) is 12.0. The molecule has 0 radical (unpaired) electrons. The van der Waals surface area contributed by atoms with Crippen LogP contribution in [0, 0.1) is 0 Å². The highest BCUT2D eigenvalue weighted by molar-refractivity contribution is 5.50. The Bertz CT molecular complexity index is 626. The topological polar surface area (TPSA) is 49.8 Å². The molecule has 1 saturated carbocycles. The van der Waals surface area contributed by atoms with Crippen LogP contribution in [0.15, 0.2) is 36.7 Å². The first-order valence-corrected chi connectivity index (χ1v) is 7.77. The Hall–Kier alpha value is -1.94.